The van der Waals surface area contributed by atoms with Crippen LogP contribution in [0.15, 0.2) is 24.5 Å². The maximum atomic E-state index is 4.58. The summed E-state index contributed by atoms with van der Waals surface area (Å²) in [6.45, 7) is 9.46. The number of likely N-dealkylation sites (tertiary alicyclic amines) is 1. The van der Waals surface area contributed by atoms with Gasteiger partial charge in [-0.25, -0.2) is 9.97 Å². The number of nitrogens with zero attached hydrogens (tertiary/aromatic N) is 5. The van der Waals surface area contributed by atoms with Gasteiger partial charge in [0.1, 0.15) is 5.82 Å². The molecular weight excluding hydrogens is 262 g/mol. The second-order valence-electron chi connectivity index (χ2n) is 6.14. The Bertz CT molecular complexity index is 604. The summed E-state index contributed by atoms with van der Waals surface area (Å²) in [7, 11) is 0. The molecule has 0 spiro atoms. The molecule has 21 heavy (non-hydrogen) atoms. The lowest BCUT2D eigenvalue weighted by atomic mass is 10.1. The molecule has 0 radical (unpaired) electrons. The van der Waals surface area contributed by atoms with Crippen molar-refractivity contribution in [1.29, 1.82) is 0 Å². The van der Waals surface area contributed by atoms with Crippen molar-refractivity contribution in [2.75, 3.05) is 13.1 Å². The molecule has 5 nitrogen and oxygen atoms in total. The van der Waals surface area contributed by atoms with Crippen molar-refractivity contribution < 1.29 is 0 Å². The average molecular weight is 285 g/mol. The monoisotopic (exact) mass is 285 g/mol. The summed E-state index contributed by atoms with van der Waals surface area (Å²) in [6, 6.07) is 4.49. The van der Waals surface area contributed by atoms with Crippen LogP contribution in [0.25, 0.3) is 0 Å². The fourth-order valence-corrected chi connectivity index (χ4v) is 3.01. The Balaban J connectivity index is 1.66. The van der Waals surface area contributed by atoms with E-state index in [1.54, 1.807) is 0 Å². The molecule has 2 aromatic rings. The Kier molecular flexibility index (Phi) is 4.01. The highest BCUT2D eigenvalue weighted by Crippen LogP contribution is 2.26. The first kappa shape index (κ1) is 14.2. The molecule has 1 atom stereocenters. The van der Waals surface area contributed by atoms with Gasteiger partial charge in [0.2, 0.25) is 0 Å². The Morgan fingerprint density at radius 2 is 2.14 bits per heavy atom. The van der Waals surface area contributed by atoms with Crippen LogP contribution in [0.5, 0.6) is 0 Å². The topological polar surface area (TPSA) is 46.8 Å². The summed E-state index contributed by atoms with van der Waals surface area (Å²) in [5.41, 5.74) is 2.34. The van der Waals surface area contributed by atoms with E-state index in [1.807, 2.05) is 25.4 Å². The predicted octanol–water partition coefficient (Wildman–Crippen LogP) is 2.55. The summed E-state index contributed by atoms with van der Waals surface area (Å²) < 4.78 is 2.11. The highest BCUT2D eigenvalue weighted by Gasteiger charge is 2.26. The lowest BCUT2D eigenvalue weighted by Gasteiger charge is -2.18. The molecule has 2 aromatic heterocycles. The van der Waals surface area contributed by atoms with Crippen LogP contribution < -0.4 is 0 Å². The van der Waals surface area contributed by atoms with Gasteiger partial charge < -0.3 is 0 Å². The normalized spacial score (nSPS) is 19.5. The smallest absolute Gasteiger partial charge is 0.132 e. The van der Waals surface area contributed by atoms with Crippen molar-refractivity contribution in [1.82, 2.24) is 24.6 Å². The third-order valence-electron chi connectivity index (χ3n) is 4.08. The van der Waals surface area contributed by atoms with Crippen LogP contribution >= 0.6 is 0 Å². The van der Waals surface area contributed by atoms with Crippen LogP contribution in [-0.2, 0) is 6.54 Å². The van der Waals surface area contributed by atoms with Crippen LogP contribution in [0, 0.1) is 6.92 Å². The molecule has 1 fully saturated rings. The van der Waals surface area contributed by atoms with E-state index in [0.717, 1.165) is 37.6 Å². The quantitative estimate of drug-likeness (QED) is 0.866. The van der Waals surface area contributed by atoms with Gasteiger partial charge in [-0.1, -0.05) is 0 Å². The van der Waals surface area contributed by atoms with Crippen molar-refractivity contribution in [2.24, 2.45) is 0 Å². The number of hydrogen-bond donors (Lipinski definition) is 0. The number of hydrogen-bond acceptors (Lipinski definition) is 4. The SMILES string of the molecule is Cc1ccnc([C@H]2CCN(Cc3ccnn3C(C)C)C2)n1. The Morgan fingerprint density at radius 1 is 1.29 bits per heavy atom. The van der Waals surface area contributed by atoms with Gasteiger partial charge in [0.15, 0.2) is 0 Å². The summed E-state index contributed by atoms with van der Waals surface area (Å²) >= 11 is 0. The summed E-state index contributed by atoms with van der Waals surface area (Å²) in [4.78, 5) is 11.5. The van der Waals surface area contributed by atoms with Crippen molar-refractivity contribution in [3.05, 3.63) is 41.7 Å². The number of rotatable bonds is 4. The molecule has 3 rings (SSSR count). The van der Waals surface area contributed by atoms with E-state index in [-0.39, 0.29) is 0 Å². The molecule has 0 amide bonds. The molecule has 1 aliphatic heterocycles. The van der Waals surface area contributed by atoms with Crippen LogP contribution in [0.4, 0.5) is 0 Å². The molecule has 0 saturated carbocycles. The van der Waals surface area contributed by atoms with E-state index in [2.05, 4.69) is 44.6 Å². The standard InChI is InChI=1S/C16H23N5/c1-12(2)21-15(5-8-18-21)11-20-9-6-14(10-20)16-17-7-4-13(3)19-16/h4-5,7-8,12,14H,6,9-11H2,1-3H3/t14-/m0/s1. The first-order chi connectivity index (χ1) is 10.1. The van der Waals surface area contributed by atoms with E-state index in [9.17, 15) is 0 Å². The molecule has 5 heteroatoms. The Labute approximate surface area is 126 Å². The van der Waals surface area contributed by atoms with Crippen molar-refractivity contribution >= 4 is 0 Å². The first-order valence-electron chi connectivity index (χ1n) is 7.68. The second kappa shape index (κ2) is 5.93. The zero-order valence-corrected chi connectivity index (χ0v) is 13.0. The molecule has 0 bridgehead atoms. The summed E-state index contributed by atoms with van der Waals surface area (Å²) in [6.07, 6.45) is 4.90. The molecule has 0 aromatic carbocycles. The van der Waals surface area contributed by atoms with Crippen LogP contribution in [0.3, 0.4) is 0 Å². The van der Waals surface area contributed by atoms with E-state index in [4.69, 9.17) is 0 Å². The average Bonchev–Trinajstić information content (AvgIpc) is 3.08. The minimum absolute atomic E-state index is 0.411. The van der Waals surface area contributed by atoms with Crippen LogP contribution in [-0.4, -0.2) is 37.7 Å². The first-order valence-corrected chi connectivity index (χ1v) is 7.68. The van der Waals surface area contributed by atoms with Crippen molar-refractivity contribution in [3.8, 4) is 0 Å². The molecule has 1 saturated heterocycles. The van der Waals surface area contributed by atoms with Gasteiger partial charge in [-0.2, -0.15) is 5.10 Å². The van der Waals surface area contributed by atoms with E-state index in [0.29, 0.717) is 12.0 Å². The fourth-order valence-electron chi connectivity index (χ4n) is 3.01. The molecular formula is C16H23N5. The summed E-state index contributed by atoms with van der Waals surface area (Å²) in [5, 5.41) is 4.41. The molecule has 0 unspecified atom stereocenters. The van der Waals surface area contributed by atoms with E-state index >= 15 is 0 Å². The van der Waals surface area contributed by atoms with Gasteiger partial charge in [-0.05, 0) is 45.9 Å². The van der Waals surface area contributed by atoms with Gasteiger partial charge in [0.05, 0.1) is 5.69 Å². The molecule has 0 N–H and O–H groups in total. The van der Waals surface area contributed by atoms with Gasteiger partial charge in [0.25, 0.3) is 0 Å². The highest BCUT2D eigenvalue weighted by molar-refractivity contribution is 5.08. The van der Waals surface area contributed by atoms with Gasteiger partial charge >= 0.3 is 0 Å². The molecule has 1 aliphatic rings. The third-order valence-corrected chi connectivity index (χ3v) is 4.08. The van der Waals surface area contributed by atoms with E-state index < -0.39 is 0 Å². The van der Waals surface area contributed by atoms with Gasteiger partial charge in [0, 0.05) is 43.1 Å². The Hall–Kier alpha value is -1.75. The maximum absolute atomic E-state index is 4.58. The minimum Gasteiger partial charge on any atom is -0.297 e. The molecule has 0 aliphatic carbocycles. The molecule has 112 valence electrons. The Morgan fingerprint density at radius 3 is 2.90 bits per heavy atom. The van der Waals surface area contributed by atoms with Crippen molar-refractivity contribution in [3.63, 3.8) is 0 Å². The third kappa shape index (κ3) is 3.13. The predicted molar refractivity (Wildman–Crippen MR) is 82.0 cm³/mol. The zero-order chi connectivity index (χ0) is 14.8. The van der Waals surface area contributed by atoms with E-state index in [1.165, 1.54) is 5.69 Å². The largest absolute Gasteiger partial charge is 0.297 e. The molecule has 3 heterocycles. The van der Waals surface area contributed by atoms with Crippen LogP contribution in [0.1, 0.15) is 49.4 Å². The highest BCUT2D eigenvalue weighted by atomic mass is 15.3. The lowest BCUT2D eigenvalue weighted by Crippen LogP contribution is -2.22. The van der Waals surface area contributed by atoms with Crippen LogP contribution in [0.2, 0.25) is 0 Å². The minimum atomic E-state index is 0.411. The maximum Gasteiger partial charge on any atom is 0.132 e. The number of aromatic nitrogens is 4. The van der Waals surface area contributed by atoms with Gasteiger partial charge in [-0.3, -0.25) is 9.58 Å². The van der Waals surface area contributed by atoms with Gasteiger partial charge in [-0.15, -0.1) is 0 Å². The van der Waals surface area contributed by atoms with Crippen molar-refractivity contribution in [2.45, 2.75) is 45.7 Å². The lowest BCUT2D eigenvalue weighted by molar-refractivity contribution is 0.309. The number of aryl methyl sites for hydroxylation is 1. The second-order valence-corrected chi connectivity index (χ2v) is 6.14. The fraction of sp³-hybridized carbons (Fsp3) is 0.562. The summed E-state index contributed by atoms with van der Waals surface area (Å²) in [5.74, 6) is 1.45. The zero-order valence-electron chi connectivity index (χ0n) is 13.0.